The minimum Gasteiger partial charge on any atom is -0.373 e. The van der Waals surface area contributed by atoms with Crippen molar-refractivity contribution < 1.29 is 13.2 Å². The highest BCUT2D eigenvalue weighted by molar-refractivity contribution is 7.87. The highest BCUT2D eigenvalue weighted by Crippen LogP contribution is 2.18. The van der Waals surface area contributed by atoms with Gasteiger partial charge in [0.05, 0.1) is 18.8 Å². The molecule has 0 bridgehead atoms. The fraction of sp³-hybridized carbons (Fsp3) is 0.727. The molecule has 6 nitrogen and oxygen atoms in total. The van der Waals surface area contributed by atoms with Crippen LogP contribution >= 0.6 is 11.3 Å². The van der Waals surface area contributed by atoms with Crippen LogP contribution in [0.2, 0.25) is 0 Å². The van der Waals surface area contributed by atoms with Crippen LogP contribution in [0, 0.1) is 6.92 Å². The van der Waals surface area contributed by atoms with Gasteiger partial charge in [-0.25, -0.2) is 4.98 Å². The quantitative estimate of drug-likeness (QED) is 0.897. The Balaban J connectivity index is 1.98. The van der Waals surface area contributed by atoms with Crippen LogP contribution in [0.15, 0.2) is 5.38 Å². The monoisotopic (exact) mass is 305 g/mol. The summed E-state index contributed by atoms with van der Waals surface area (Å²) in [6, 6.07) is 0. The second-order valence-electron chi connectivity index (χ2n) is 5.15. The molecule has 0 unspecified atom stereocenters. The van der Waals surface area contributed by atoms with Crippen LogP contribution in [-0.4, -0.2) is 43.0 Å². The lowest BCUT2D eigenvalue weighted by Gasteiger charge is -2.37. The van der Waals surface area contributed by atoms with E-state index < -0.39 is 15.8 Å². The molecule has 1 aromatic heterocycles. The number of nitrogens with zero attached hydrogens (tertiary/aromatic N) is 2. The Kier molecular flexibility index (Phi) is 4.26. The van der Waals surface area contributed by atoms with Gasteiger partial charge in [0, 0.05) is 24.2 Å². The van der Waals surface area contributed by atoms with Gasteiger partial charge in [-0.3, -0.25) is 0 Å². The Morgan fingerprint density at radius 2 is 2.32 bits per heavy atom. The van der Waals surface area contributed by atoms with Gasteiger partial charge < -0.3 is 4.74 Å². The predicted octanol–water partition coefficient (Wildman–Crippen LogP) is 0.897. The maximum atomic E-state index is 12.2. The summed E-state index contributed by atoms with van der Waals surface area (Å²) in [6.07, 6.45) is 0. The van der Waals surface area contributed by atoms with Gasteiger partial charge in [-0.05, 0) is 20.8 Å². The van der Waals surface area contributed by atoms with Gasteiger partial charge in [-0.2, -0.15) is 17.4 Å². The van der Waals surface area contributed by atoms with Gasteiger partial charge in [-0.15, -0.1) is 11.3 Å². The number of morpholine rings is 1. The summed E-state index contributed by atoms with van der Waals surface area (Å²) in [6.45, 7) is 7.06. The zero-order valence-electron chi connectivity index (χ0n) is 11.3. The van der Waals surface area contributed by atoms with E-state index >= 15 is 0 Å². The molecule has 0 amide bonds. The second kappa shape index (κ2) is 5.45. The molecule has 0 radical (unpaired) electrons. The smallest absolute Gasteiger partial charge is 0.280 e. The normalized spacial score (nSPS) is 20.6. The average molecular weight is 305 g/mol. The first-order valence-corrected chi connectivity index (χ1v) is 8.40. The molecule has 2 heterocycles. The largest absolute Gasteiger partial charge is 0.373 e. The molecule has 1 aliphatic rings. The van der Waals surface area contributed by atoms with Gasteiger partial charge in [-0.1, -0.05) is 0 Å². The van der Waals surface area contributed by atoms with Gasteiger partial charge in [0.25, 0.3) is 10.2 Å². The molecule has 1 saturated heterocycles. The van der Waals surface area contributed by atoms with Crippen molar-refractivity contribution >= 4 is 21.5 Å². The molecule has 19 heavy (non-hydrogen) atoms. The van der Waals surface area contributed by atoms with E-state index in [0.717, 1.165) is 10.7 Å². The van der Waals surface area contributed by atoms with Gasteiger partial charge >= 0.3 is 0 Å². The lowest BCUT2D eigenvalue weighted by molar-refractivity contribution is -0.0643. The molecule has 0 aromatic carbocycles. The molecule has 1 aliphatic heterocycles. The van der Waals surface area contributed by atoms with Gasteiger partial charge in [0.1, 0.15) is 5.01 Å². The number of thiazole rings is 1. The van der Waals surface area contributed by atoms with Crippen molar-refractivity contribution in [1.82, 2.24) is 14.0 Å². The Bertz CT molecular complexity index is 539. The summed E-state index contributed by atoms with van der Waals surface area (Å²) in [7, 11) is -3.47. The van der Waals surface area contributed by atoms with Crippen molar-refractivity contribution in [2.24, 2.45) is 0 Å². The van der Waals surface area contributed by atoms with E-state index in [-0.39, 0.29) is 6.54 Å². The Hall–Kier alpha value is -0.540. The van der Waals surface area contributed by atoms with Crippen molar-refractivity contribution in [3.05, 3.63) is 16.1 Å². The highest BCUT2D eigenvalue weighted by atomic mass is 32.2. The molecule has 2 rings (SSSR count). The fourth-order valence-electron chi connectivity index (χ4n) is 1.91. The van der Waals surface area contributed by atoms with E-state index in [1.165, 1.54) is 15.6 Å². The summed E-state index contributed by atoms with van der Waals surface area (Å²) in [4.78, 5) is 4.24. The van der Waals surface area contributed by atoms with Crippen molar-refractivity contribution in [2.75, 3.05) is 19.7 Å². The topological polar surface area (TPSA) is 71.5 Å². The van der Waals surface area contributed by atoms with Crippen molar-refractivity contribution in [2.45, 2.75) is 32.9 Å². The SMILES string of the molecule is Cc1csc(CNS(=O)(=O)N2CCOC(C)(C)C2)n1. The number of rotatable bonds is 4. The fourth-order valence-corrected chi connectivity index (χ4v) is 4.01. The van der Waals surface area contributed by atoms with Crippen molar-refractivity contribution in [3.8, 4) is 0 Å². The van der Waals surface area contributed by atoms with Crippen LogP contribution in [-0.2, 0) is 21.5 Å². The molecule has 8 heteroatoms. The molecule has 0 spiro atoms. The third-order valence-corrected chi connectivity index (χ3v) is 5.27. The summed E-state index contributed by atoms with van der Waals surface area (Å²) < 4.78 is 33.9. The third-order valence-electron chi connectivity index (χ3n) is 2.80. The lowest BCUT2D eigenvalue weighted by atomic mass is 10.1. The summed E-state index contributed by atoms with van der Waals surface area (Å²) in [5.74, 6) is 0. The molecule has 0 aliphatic carbocycles. The zero-order chi connectivity index (χ0) is 14.1. The van der Waals surface area contributed by atoms with Crippen LogP contribution in [0.5, 0.6) is 0 Å². The molecule has 1 N–H and O–H groups in total. The number of nitrogens with one attached hydrogen (secondary N) is 1. The van der Waals surface area contributed by atoms with Gasteiger partial charge in [0.15, 0.2) is 0 Å². The second-order valence-corrected chi connectivity index (χ2v) is 7.85. The molecule has 1 fully saturated rings. The maximum Gasteiger partial charge on any atom is 0.280 e. The van der Waals surface area contributed by atoms with Crippen LogP contribution in [0.4, 0.5) is 0 Å². The summed E-state index contributed by atoms with van der Waals surface area (Å²) >= 11 is 1.46. The molecule has 1 aromatic rings. The van der Waals surface area contributed by atoms with E-state index in [0.29, 0.717) is 19.7 Å². The van der Waals surface area contributed by atoms with E-state index in [4.69, 9.17) is 4.74 Å². The minimum absolute atomic E-state index is 0.235. The summed E-state index contributed by atoms with van der Waals surface area (Å²) in [5, 5.41) is 2.68. The molecule has 0 saturated carbocycles. The highest BCUT2D eigenvalue weighted by Gasteiger charge is 2.33. The van der Waals surface area contributed by atoms with Crippen LogP contribution in [0.25, 0.3) is 0 Å². The Morgan fingerprint density at radius 3 is 2.89 bits per heavy atom. The molecular formula is C11H19N3O3S2. The van der Waals surface area contributed by atoms with Crippen molar-refractivity contribution in [3.63, 3.8) is 0 Å². The standard InChI is InChI=1S/C11H19N3O3S2/c1-9-7-18-10(13-9)6-12-19(15,16)14-4-5-17-11(2,3)8-14/h7,12H,4-6,8H2,1-3H3. The van der Waals surface area contributed by atoms with Crippen LogP contribution in [0.1, 0.15) is 24.5 Å². The minimum atomic E-state index is -3.47. The number of hydrogen-bond donors (Lipinski definition) is 1. The number of hydrogen-bond acceptors (Lipinski definition) is 5. The lowest BCUT2D eigenvalue weighted by Crippen LogP contribution is -2.53. The molecule has 108 valence electrons. The van der Waals surface area contributed by atoms with E-state index in [2.05, 4.69) is 9.71 Å². The number of ether oxygens (including phenoxy) is 1. The van der Waals surface area contributed by atoms with Gasteiger partial charge in [0.2, 0.25) is 0 Å². The molecule has 0 atom stereocenters. The van der Waals surface area contributed by atoms with Crippen molar-refractivity contribution in [1.29, 1.82) is 0 Å². The summed E-state index contributed by atoms with van der Waals surface area (Å²) in [5.41, 5.74) is 0.469. The Morgan fingerprint density at radius 1 is 1.58 bits per heavy atom. The van der Waals surface area contributed by atoms with Crippen LogP contribution < -0.4 is 4.72 Å². The Labute approximate surface area is 118 Å². The zero-order valence-corrected chi connectivity index (χ0v) is 13.0. The third kappa shape index (κ3) is 3.96. The van der Waals surface area contributed by atoms with E-state index in [1.54, 1.807) is 0 Å². The van der Waals surface area contributed by atoms with E-state index in [1.807, 2.05) is 26.2 Å². The molecular weight excluding hydrogens is 286 g/mol. The number of aromatic nitrogens is 1. The maximum absolute atomic E-state index is 12.2. The van der Waals surface area contributed by atoms with Crippen LogP contribution in [0.3, 0.4) is 0 Å². The predicted molar refractivity (Wildman–Crippen MR) is 74.2 cm³/mol. The van der Waals surface area contributed by atoms with E-state index in [9.17, 15) is 8.42 Å². The first-order valence-electron chi connectivity index (χ1n) is 6.08. The average Bonchev–Trinajstić information content (AvgIpc) is 2.71. The first-order chi connectivity index (χ1) is 8.78. The first kappa shape index (κ1) is 14.9. The number of aryl methyl sites for hydroxylation is 1.